The molecule has 3 rings (SSSR count). The van der Waals surface area contributed by atoms with E-state index in [0.29, 0.717) is 31.4 Å². The molecule has 0 aliphatic carbocycles. The molecule has 2 aromatic rings. The molecule has 10 heteroatoms. The summed E-state index contributed by atoms with van der Waals surface area (Å²) in [6.45, 7) is -0.378. The zero-order chi connectivity index (χ0) is 26.1. The number of carbonyl (C=O) groups is 4. The lowest BCUT2D eigenvalue weighted by Gasteiger charge is -2.28. The molecule has 1 aliphatic rings. The van der Waals surface area contributed by atoms with Crippen LogP contribution in [-0.4, -0.2) is 76.1 Å². The van der Waals surface area contributed by atoms with Crippen molar-refractivity contribution >= 4 is 23.7 Å². The van der Waals surface area contributed by atoms with Crippen LogP contribution in [0.5, 0.6) is 0 Å². The van der Waals surface area contributed by atoms with Gasteiger partial charge >= 0.3 is 5.97 Å². The summed E-state index contributed by atoms with van der Waals surface area (Å²) in [5, 5.41) is 24.1. The van der Waals surface area contributed by atoms with Crippen molar-refractivity contribution in [1.29, 1.82) is 0 Å². The van der Waals surface area contributed by atoms with Crippen LogP contribution in [0.15, 0.2) is 60.7 Å². The molecule has 1 saturated heterocycles. The van der Waals surface area contributed by atoms with Crippen LogP contribution in [0.3, 0.4) is 0 Å². The largest absolute Gasteiger partial charge is 0.480 e. The molecular weight excluding hydrogens is 464 g/mol. The molecule has 0 saturated carbocycles. The van der Waals surface area contributed by atoms with E-state index in [1.807, 2.05) is 30.3 Å². The molecule has 3 amide bonds. The average Bonchev–Trinajstić information content (AvgIpc) is 3.37. The first-order valence-electron chi connectivity index (χ1n) is 11.9. The van der Waals surface area contributed by atoms with Gasteiger partial charge in [0.15, 0.2) is 0 Å². The Labute approximate surface area is 209 Å². The fourth-order valence-corrected chi connectivity index (χ4v) is 4.26. The van der Waals surface area contributed by atoms with E-state index in [4.69, 9.17) is 5.73 Å². The summed E-state index contributed by atoms with van der Waals surface area (Å²) in [6.07, 6.45) is 1.35. The topological polar surface area (TPSA) is 162 Å². The zero-order valence-corrected chi connectivity index (χ0v) is 19.9. The molecule has 2 aromatic carbocycles. The number of hydrogen-bond acceptors (Lipinski definition) is 6. The third-order valence-electron chi connectivity index (χ3n) is 6.17. The van der Waals surface area contributed by atoms with Crippen LogP contribution in [0.2, 0.25) is 0 Å². The van der Waals surface area contributed by atoms with Crippen molar-refractivity contribution in [2.24, 2.45) is 5.73 Å². The highest BCUT2D eigenvalue weighted by Gasteiger charge is 2.37. The lowest BCUT2D eigenvalue weighted by molar-refractivity contribution is -0.143. The summed E-state index contributed by atoms with van der Waals surface area (Å²) < 4.78 is 0. The van der Waals surface area contributed by atoms with Crippen LogP contribution in [-0.2, 0) is 32.0 Å². The molecule has 0 radical (unpaired) electrons. The van der Waals surface area contributed by atoms with E-state index in [-0.39, 0.29) is 12.3 Å². The second-order valence-electron chi connectivity index (χ2n) is 8.82. The minimum atomic E-state index is -1.37. The van der Waals surface area contributed by atoms with Gasteiger partial charge in [0, 0.05) is 13.0 Å². The normalized spacial score (nSPS) is 17.6. The number of likely N-dealkylation sites (tertiary alicyclic amines) is 1. The number of benzene rings is 2. The zero-order valence-electron chi connectivity index (χ0n) is 19.9. The fraction of sp³-hybridized carbons (Fsp3) is 0.385. The highest BCUT2D eigenvalue weighted by molar-refractivity contribution is 5.94. The van der Waals surface area contributed by atoms with Crippen molar-refractivity contribution in [3.63, 3.8) is 0 Å². The van der Waals surface area contributed by atoms with Crippen LogP contribution in [0.25, 0.3) is 0 Å². The molecular formula is C26H32N4O6. The van der Waals surface area contributed by atoms with Crippen molar-refractivity contribution < 1.29 is 29.4 Å². The van der Waals surface area contributed by atoms with Crippen LogP contribution in [0.4, 0.5) is 0 Å². The highest BCUT2D eigenvalue weighted by atomic mass is 16.4. The number of aliphatic hydroxyl groups is 1. The molecule has 4 unspecified atom stereocenters. The summed E-state index contributed by atoms with van der Waals surface area (Å²) in [4.78, 5) is 51.7. The maximum atomic E-state index is 13.0. The van der Waals surface area contributed by atoms with Crippen LogP contribution in [0, 0.1) is 0 Å². The average molecular weight is 497 g/mol. The Balaban J connectivity index is 1.60. The summed E-state index contributed by atoms with van der Waals surface area (Å²) in [6, 6.07) is 13.8. The molecule has 0 bridgehead atoms. The number of carboxylic acids is 1. The Morgan fingerprint density at radius 2 is 1.50 bits per heavy atom. The van der Waals surface area contributed by atoms with Gasteiger partial charge in [0.25, 0.3) is 0 Å². The number of hydrogen-bond donors (Lipinski definition) is 5. The van der Waals surface area contributed by atoms with Gasteiger partial charge in [-0.15, -0.1) is 0 Å². The summed E-state index contributed by atoms with van der Waals surface area (Å²) in [5.74, 6) is -3.03. The van der Waals surface area contributed by atoms with Gasteiger partial charge in [0.05, 0.1) is 12.6 Å². The number of rotatable bonds is 11. The number of nitrogens with one attached hydrogen (secondary N) is 2. The number of aliphatic hydroxyl groups excluding tert-OH is 1. The lowest BCUT2D eigenvalue weighted by atomic mass is 10.0. The van der Waals surface area contributed by atoms with Gasteiger partial charge in [-0.3, -0.25) is 14.4 Å². The summed E-state index contributed by atoms with van der Waals surface area (Å²) in [7, 11) is 0. The molecule has 1 fully saturated rings. The van der Waals surface area contributed by atoms with E-state index in [1.165, 1.54) is 4.90 Å². The maximum Gasteiger partial charge on any atom is 0.326 e. The number of carboxylic acid groups (broad SMARTS) is 1. The predicted octanol–water partition coefficient (Wildman–Crippen LogP) is -0.163. The van der Waals surface area contributed by atoms with Gasteiger partial charge in [-0.2, -0.15) is 0 Å². The number of nitrogens with zero attached hydrogens (tertiary/aromatic N) is 1. The van der Waals surface area contributed by atoms with Crippen molar-refractivity contribution in [1.82, 2.24) is 15.5 Å². The van der Waals surface area contributed by atoms with Crippen molar-refractivity contribution in [2.75, 3.05) is 13.2 Å². The molecule has 0 aromatic heterocycles. The Morgan fingerprint density at radius 1 is 0.917 bits per heavy atom. The molecule has 1 heterocycles. The summed E-state index contributed by atoms with van der Waals surface area (Å²) in [5.41, 5.74) is 7.74. The second-order valence-corrected chi connectivity index (χ2v) is 8.82. The van der Waals surface area contributed by atoms with Crippen molar-refractivity contribution in [3.05, 3.63) is 71.8 Å². The number of aliphatic carboxylic acids is 1. The first-order valence-corrected chi connectivity index (χ1v) is 11.9. The van der Waals surface area contributed by atoms with Gasteiger partial charge in [-0.1, -0.05) is 60.7 Å². The van der Waals surface area contributed by atoms with Gasteiger partial charge in [0.1, 0.15) is 18.1 Å². The summed E-state index contributed by atoms with van der Waals surface area (Å²) >= 11 is 0. The van der Waals surface area contributed by atoms with Gasteiger partial charge < -0.3 is 31.5 Å². The standard InChI is InChI=1S/C26H32N4O6/c27-19(14-17-8-3-1-4-9-17)25(34)30-13-7-12-22(30)24(33)29-21(16-31)23(32)28-20(26(35)36)15-18-10-5-2-6-11-18/h1-6,8-11,19-22,31H,7,12-16,27H2,(H,28,32)(H,29,33)(H,35,36). The third kappa shape index (κ3) is 7.12. The van der Waals surface area contributed by atoms with Gasteiger partial charge in [-0.05, 0) is 30.4 Å². The number of nitrogens with two attached hydrogens (primary N) is 1. The van der Waals surface area contributed by atoms with Crippen molar-refractivity contribution in [2.45, 2.75) is 49.9 Å². The molecule has 6 N–H and O–H groups in total. The Morgan fingerprint density at radius 3 is 2.06 bits per heavy atom. The van der Waals surface area contributed by atoms with E-state index in [9.17, 15) is 29.4 Å². The molecule has 192 valence electrons. The smallest absolute Gasteiger partial charge is 0.326 e. The van der Waals surface area contributed by atoms with Crippen molar-refractivity contribution in [3.8, 4) is 0 Å². The molecule has 36 heavy (non-hydrogen) atoms. The first kappa shape index (κ1) is 26.8. The third-order valence-corrected chi connectivity index (χ3v) is 6.17. The molecule has 1 aliphatic heterocycles. The maximum absolute atomic E-state index is 13.0. The number of carbonyl (C=O) groups excluding carboxylic acids is 3. The Hall–Kier alpha value is -3.76. The van der Waals surface area contributed by atoms with E-state index < -0.39 is 48.6 Å². The Bertz CT molecular complexity index is 1050. The van der Waals surface area contributed by atoms with Gasteiger partial charge in [0.2, 0.25) is 17.7 Å². The fourth-order valence-electron chi connectivity index (χ4n) is 4.26. The van der Waals surface area contributed by atoms with Crippen LogP contribution in [0.1, 0.15) is 24.0 Å². The number of amides is 3. The molecule has 4 atom stereocenters. The second kappa shape index (κ2) is 12.8. The SMILES string of the molecule is NC(Cc1ccccc1)C(=O)N1CCCC1C(=O)NC(CO)C(=O)NC(Cc1ccccc1)C(=O)O. The van der Waals surface area contributed by atoms with E-state index in [1.54, 1.807) is 30.3 Å². The molecule has 10 nitrogen and oxygen atoms in total. The molecule has 0 spiro atoms. The Kier molecular flexibility index (Phi) is 9.54. The van der Waals surface area contributed by atoms with Crippen LogP contribution >= 0.6 is 0 Å². The monoisotopic (exact) mass is 496 g/mol. The highest BCUT2D eigenvalue weighted by Crippen LogP contribution is 2.19. The minimum absolute atomic E-state index is 0.0399. The lowest BCUT2D eigenvalue weighted by Crippen LogP contribution is -2.58. The minimum Gasteiger partial charge on any atom is -0.480 e. The predicted molar refractivity (Wildman–Crippen MR) is 132 cm³/mol. The van der Waals surface area contributed by atoms with Crippen LogP contribution < -0.4 is 16.4 Å². The van der Waals surface area contributed by atoms with E-state index in [2.05, 4.69) is 10.6 Å². The van der Waals surface area contributed by atoms with E-state index >= 15 is 0 Å². The first-order chi connectivity index (χ1) is 17.3. The van der Waals surface area contributed by atoms with Gasteiger partial charge in [-0.25, -0.2) is 4.79 Å². The van der Waals surface area contributed by atoms with E-state index in [0.717, 1.165) is 5.56 Å². The quantitative estimate of drug-likeness (QED) is 0.289.